The largest absolute Gasteiger partial charge is 0.300 e. The lowest BCUT2D eigenvalue weighted by Crippen LogP contribution is -2.53. The summed E-state index contributed by atoms with van der Waals surface area (Å²) < 4.78 is 0. The van der Waals surface area contributed by atoms with Gasteiger partial charge in [0.2, 0.25) is 0 Å². The zero-order valence-electron chi connectivity index (χ0n) is 13.5. The van der Waals surface area contributed by atoms with Crippen LogP contribution in [0.1, 0.15) is 71.6 Å². The van der Waals surface area contributed by atoms with Gasteiger partial charge in [-0.2, -0.15) is 0 Å². The zero-order valence-corrected chi connectivity index (χ0v) is 13.5. The van der Waals surface area contributed by atoms with Crippen molar-refractivity contribution in [3.8, 4) is 0 Å². The second-order valence-electron chi connectivity index (χ2n) is 8.82. The molecule has 4 rings (SSSR count). The minimum absolute atomic E-state index is 0.00511. The first-order valence-electron chi connectivity index (χ1n) is 9.00. The highest BCUT2D eigenvalue weighted by Gasteiger charge is 2.60. The van der Waals surface area contributed by atoms with Crippen LogP contribution in [0, 0.1) is 34.5 Å². The van der Waals surface area contributed by atoms with Gasteiger partial charge in [-0.05, 0) is 67.6 Å². The molecule has 0 aromatic heterocycles. The van der Waals surface area contributed by atoms with Gasteiger partial charge in [0.1, 0.15) is 11.6 Å². The molecule has 0 aromatic carbocycles. The average Bonchev–Trinajstić information content (AvgIpc) is 2.76. The van der Waals surface area contributed by atoms with Crippen LogP contribution in [0.5, 0.6) is 0 Å². The quantitative estimate of drug-likeness (QED) is 0.670. The Hall–Kier alpha value is -0.660. The Morgan fingerprint density at radius 3 is 2.52 bits per heavy atom. The highest BCUT2D eigenvalue weighted by Crippen LogP contribution is 2.65. The molecule has 0 N–H and O–H groups in total. The monoisotopic (exact) mass is 288 g/mol. The molecule has 4 aliphatic rings. The standard InChI is InChI=1S/C19H28O2/c1-18-9-7-13(20)11-12(18)3-4-14-15-5-6-17(21)19(15,2)10-8-16(14)18/h12,14-16H,3-11H2,1-2H3/t12?,14-,15?,16-,18?,19?/m0/s1. The first-order valence-corrected chi connectivity index (χ1v) is 9.00. The Kier molecular flexibility index (Phi) is 2.94. The van der Waals surface area contributed by atoms with Crippen molar-refractivity contribution in [3.63, 3.8) is 0 Å². The number of rotatable bonds is 0. The number of hydrogen-bond acceptors (Lipinski definition) is 2. The van der Waals surface area contributed by atoms with E-state index in [9.17, 15) is 9.59 Å². The summed E-state index contributed by atoms with van der Waals surface area (Å²) in [6.07, 6.45) is 9.53. The lowest BCUT2D eigenvalue weighted by molar-refractivity contribution is -0.144. The third kappa shape index (κ3) is 1.77. The molecule has 4 unspecified atom stereocenters. The third-order valence-electron chi connectivity index (χ3n) is 8.19. The second-order valence-corrected chi connectivity index (χ2v) is 8.82. The fraction of sp³-hybridized carbons (Fsp3) is 0.895. The van der Waals surface area contributed by atoms with Crippen molar-refractivity contribution in [2.45, 2.75) is 71.6 Å². The fourth-order valence-corrected chi connectivity index (χ4v) is 6.82. The molecule has 0 radical (unpaired) electrons. The Morgan fingerprint density at radius 2 is 1.71 bits per heavy atom. The Morgan fingerprint density at radius 1 is 0.905 bits per heavy atom. The minimum Gasteiger partial charge on any atom is -0.300 e. The highest BCUT2D eigenvalue weighted by molar-refractivity contribution is 5.87. The van der Waals surface area contributed by atoms with E-state index in [1.807, 2.05) is 0 Å². The van der Waals surface area contributed by atoms with Gasteiger partial charge in [0.05, 0.1) is 0 Å². The van der Waals surface area contributed by atoms with Crippen LogP contribution < -0.4 is 0 Å². The van der Waals surface area contributed by atoms with Gasteiger partial charge >= 0.3 is 0 Å². The van der Waals surface area contributed by atoms with E-state index < -0.39 is 0 Å². The summed E-state index contributed by atoms with van der Waals surface area (Å²) in [7, 11) is 0. The molecule has 0 saturated heterocycles. The first kappa shape index (κ1) is 14.0. The summed E-state index contributed by atoms with van der Waals surface area (Å²) in [5, 5.41) is 0. The van der Waals surface area contributed by atoms with Crippen LogP contribution in [0.25, 0.3) is 0 Å². The summed E-state index contributed by atoms with van der Waals surface area (Å²) in [5.41, 5.74) is 0.374. The number of hydrogen-bond donors (Lipinski definition) is 0. The summed E-state index contributed by atoms with van der Waals surface area (Å²) >= 11 is 0. The van der Waals surface area contributed by atoms with E-state index in [1.165, 1.54) is 19.3 Å². The van der Waals surface area contributed by atoms with Crippen LogP contribution >= 0.6 is 0 Å². The molecule has 0 bridgehead atoms. The highest BCUT2D eigenvalue weighted by atomic mass is 16.1. The van der Waals surface area contributed by atoms with Crippen molar-refractivity contribution in [1.82, 2.24) is 0 Å². The number of fused-ring (bicyclic) bond motifs is 5. The maximum absolute atomic E-state index is 12.4. The molecule has 4 aliphatic carbocycles. The van der Waals surface area contributed by atoms with Gasteiger partial charge in [0.25, 0.3) is 0 Å². The third-order valence-corrected chi connectivity index (χ3v) is 8.19. The summed E-state index contributed by atoms with van der Waals surface area (Å²) in [6.45, 7) is 4.72. The average molecular weight is 288 g/mol. The van der Waals surface area contributed by atoms with Gasteiger partial charge < -0.3 is 0 Å². The Labute approximate surface area is 128 Å². The van der Waals surface area contributed by atoms with Crippen molar-refractivity contribution in [1.29, 1.82) is 0 Å². The van der Waals surface area contributed by atoms with Crippen LogP contribution in [0.15, 0.2) is 0 Å². The number of carbonyl (C=O) groups is 2. The van der Waals surface area contributed by atoms with Crippen molar-refractivity contribution in [3.05, 3.63) is 0 Å². The van der Waals surface area contributed by atoms with Gasteiger partial charge in [-0.25, -0.2) is 0 Å². The zero-order chi connectivity index (χ0) is 14.8. The molecule has 2 nitrogen and oxygen atoms in total. The first-order chi connectivity index (χ1) is 9.95. The lowest BCUT2D eigenvalue weighted by Gasteiger charge is -2.59. The molecule has 0 aliphatic heterocycles. The van der Waals surface area contributed by atoms with Crippen molar-refractivity contribution in [2.75, 3.05) is 0 Å². The molecular formula is C19H28O2. The molecular weight excluding hydrogens is 260 g/mol. The summed E-state index contributed by atoms with van der Waals surface area (Å²) in [5.74, 6) is 3.82. The van der Waals surface area contributed by atoms with Crippen LogP contribution in [0.3, 0.4) is 0 Å². The van der Waals surface area contributed by atoms with E-state index in [1.54, 1.807) is 0 Å². The maximum atomic E-state index is 12.4. The molecule has 4 fully saturated rings. The molecule has 4 saturated carbocycles. The van der Waals surface area contributed by atoms with E-state index in [4.69, 9.17) is 0 Å². The van der Waals surface area contributed by atoms with Crippen molar-refractivity contribution in [2.24, 2.45) is 34.5 Å². The van der Waals surface area contributed by atoms with E-state index >= 15 is 0 Å². The maximum Gasteiger partial charge on any atom is 0.139 e. The normalized spacial score (nSPS) is 53.0. The fourth-order valence-electron chi connectivity index (χ4n) is 6.82. The van der Waals surface area contributed by atoms with Crippen LogP contribution in [0.2, 0.25) is 0 Å². The smallest absolute Gasteiger partial charge is 0.139 e. The molecule has 0 heterocycles. The lowest BCUT2D eigenvalue weighted by atomic mass is 9.45. The molecule has 2 heteroatoms. The SMILES string of the molecule is CC12CC[C@H]3[C@@H](CCC4CC(=O)CCC43C)C1CCC2=O. The summed E-state index contributed by atoms with van der Waals surface area (Å²) in [4.78, 5) is 24.2. The minimum atomic E-state index is -0.00511. The molecule has 0 spiro atoms. The van der Waals surface area contributed by atoms with Gasteiger partial charge in [-0.15, -0.1) is 0 Å². The molecule has 0 aromatic rings. The molecule has 21 heavy (non-hydrogen) atoms. The van der Waals surface area contributed by atoms with Crippen LogP contribution in [-0.2, 0) is 9.59 Å². The van der Waals surface area contributed by atoms with E-state index in [2.05, 4.69) is 13.8 Å². The van der Waals surface area contributed by atoms with Gasteiger partial charge in [0, 0.05) is 24.7 Å². The van der Waals surface area contributed by atoms with E-state index in [-0.39, 0.29) is 5.41 Å². The molecule has 6 atom stereocenters. The number of ketones is 2. The summed E-state index contributed by atoms with van der Waals surface area (Å²) in [6, 6.07) is 0. The van der Waals surface area contributed by atoms with Gasteiger partial charge in [-0.1, -0.05) is 13.8 Å². The van der Waals surface area contributed by atoms with Crippen molar-refractivity contribution < 1.29 is 9.59 Å². The Balaban J connectivity index is 1.65. The van der Waals surface area contributed by atoms with Crippen LogP contribution in [0.4, 0.5) is 0 Å². The van der Waals surface area contributed by atoms with Crippen molar-refractivity contribution >= 4 is 11.6 Å². The second kappa shape index (κ2) is 4.43. The van der Waals surface area contributed by atoms with E-state index in [0.717, 1.165) is 50.4 Å². The number of carbonyl (C=O) groups excluding carboxylic acids is 2. The van der Waals surface area contributed by atoms with Crippen LogP contribution in [-0.4, -0.2) is 11.6 Å². The Bertz CT molecular complexity index is 496. The van der Waals surface area contributed by atoms with Gasteiger partial charge in [0.15, 0.2) is 0 Å². The number of Topliss-reactive ketones (excluding diaryl/α,β-unsaturated/α-hetero) is 2. The predicted molar refractivity (Wildman–Crippen MR) is 81.7 cm³/mol. The molecule has 0 amide bonds. The topological polar surface area (TPSA) is 34.1 Å². The van der Waals surface area contributed by atoms with Gasteiger partial charge in [-0.3, -0.25) is 9.59 Å². The van der Waals surface area contributed by atoms with E-state index in [0.29, 0.717) is 28.8 Å². The predicted octanol–water partition coefficient (Wildman–Crippen LogP) is 4.17. The molecule has 116 valence electrons.